The van der Waals surface area contributed by atoms with E-state index in [0.29, 0.717) is 12.0 Å². The van der Waals surface area contributed by atoms with E-state index in [4.69, 9.17) is 9.15 Å². The highest BCUT2D eigenvalue weighted by Crippen LogP contribution is 2.38. The van der Waals surface area contributed by atoms with Gasteiger partial charge in [0.2, 0.25) is 5.43 Å². The fraction of sp³-hybridized carbons (Fsp3) is 0.211. The number of phenolic OH excluding ortho intramolecular Hbond substituents is 3. The third kappa shape index (κ3) is 2.76. The molecule has 0 atom stereocenters. The fourth-order valence-corrected chi connectivity index (χ4v) is 2.83. The third-order valence-electron chi connectivity index (χ3n) is 3.96. The molecule has 6 nitrogen and oxygen atoms in total. The van der Waals surface area contributed by atoms with Gasteiger partial charge in [0.15, 0.2) is 11.3 Å². The molecular formula is C19H18O6. The number of aromatic hydroxyl groups is 3. The molecule has 3 N–H and O–H groups in total. The summed E-state index contributed by atoms with van der Waals surface area (Å²) < 4.78 is 11.0. The number of hydrogen-bond donors (Lipinski definition) is 3. The molecule has 0 saturated carbocycles. The molecule has 0 bridgehead atoms. The van der Waals surface area contributed by atoms with Crippen LogP contribution in [0.1, 0.15) is 19.4 Å². The summed E-state index contributed by atoms with van der Waals surface area (Å²) in [5.74, 6) is -0.579. The van der Waals surface area contributed by atoms with E-state index in [1.807, 2.05) is 19.9 Å². The van der Waals surface area contributed by atoms with Crippen molar-refractivity contribution in [2.24, 2.45) is 0 Å². The molecule has 0 amide bonds. The number of allylic oxidation sites excluding steroid dienone is 2. The lowest BCUT2D eigenvalue weighted by Crippen LogP contribution is -2.06. The second-order valence-electron chi connectivity index (χ2n) is 6.05. The number of rotatable bonds is 3. The van der Waals surface area contributed by atoms with E-state index >= 15 is 0 Å². The molecule has 2 aromatic carbocycles. The molecule has 25 heavy (non-hydrogen) atoms. The molecular weight excluding hydrogens is 324 g/mol. The first-order valence-corrected chi connectivity index (χ1v) is 7.68. The summed E-state index contributed by atoms with van der Waals surface area (Å²) in [6, 6.07) is 3.75. The Bertz CT molecular complexity index is 1070. The molecule has 0 aliphatic carbocycles. The summed E-state index contributed by atoms with van der Waals surface area (Å²) in [7, 11) is 1.43. The van der Waals surface area contributed by atoms with Crippen LogP contribution in [0.5, 0.6) is 23.0 Å². The van der Waals surface area contributed by atoms with Gasteiger partial charge in [0, 0.05) is 17.7 Å². The molecule has 6 heteroatoms. The van der Waals surface area contributed by atoms with Crippen molar-refractivity contribution >= 4 is 21.9 Å². The van der Waals surface area contributed by atoms with Gasteiger partial charge in [-0.1, -0.05) is 11.6 Å². The summed E-state index contributed by atoms with van der Waals surface area (Å²) in [4.78, 5) is 12.9. The molecule has 0 aliphatic heterocycles. The Balaban J connectivity index is 2.47. The summed E-state index contributed by atoms with van der Waals surface area (Å²) in [6.45, 7) is 3.89. The SMILES string of the molecule is COc1c(CC=C(C)C)cc(O)c2oc3cc(O)cc(O)c3c(=O)c12. The Labute approximate surface area is 143 Å². The number of phenols is 3. The van der Waals surface area contributed by atoms with E-state index in [1.54, 1.807) is 0 Å². The first kappa shape index (κ1) is 16.7. The Morgan fingerprint density at radius 1 is 1.12 bits per heavy atom. The second-order valence-corrected chi connectivity index (χ2v) is 6.05. The monoisotopic (exact) mass is 342 g/mol. The number of ether oxygens (including phenoxy) is 1. The largest absolute Gasteiger partial charge is 0.508 e. The van der Waals surface area contributed by atoms with Crippen molar-refractivity contribution in [3.8, 4) is 23.0 Å². The fourth-order valence-electron chi connectivity index (χ4n) is 2.83. The molecule has 0 spiro atoms. The van der Waals surface area contributed by atoms with Gasteiger partial charge in [-0.05, 0) is 26.3 Å². The van der Waals surface area contributed by atoms with Crippen LogP contribution in [0, 0.1) is 0 Å². The van der Waals surface area contributed by atoms with Crippen LogP contribution in [0.25, 0.3) is 21.9 Å². The molecule has 0 radical (unpaired) electrons. The number of methoxy groups -OCH3 is 1. The normalized spacial score (nSPS) is 11.0. The second kappa shape index (κ2) is 6.05. The molecule has 1 aromatic heterocycles. The van der Waals surface area contributed by atoms with Crippen molar-refractivity contribution in [3.63, 3.8) is 0 Å². The Morgan fingerprint density at radius 3 is 2.48 bits per heavy atom. The number of hydrogen-bond acceptors (Lipinski definition) is 6. The molecule has 1 heterocycles. The molecule has 130 valence electrons. The Morgan fingerprint density at radius 2 is 1.84 bits per heavy atom. The predicted molar refractivity (Wildman–Crippen MR) is 94.7 cm³/mol. The topological polar surface area (TPSA) is 100 Å². The highest BCUT2D eigenvalue weighted by atomic mass is 16.5. The maximum absolute atomic E-state index is 12.9. The molecule has 3 aromatic rings. The van der Waals surface area contributed by atoms with E-state index in [9.17, 15) is 20.1 Å². The maximum atomic E-state index is 12.9. The average molecular weight is 342 g/mol. The third-order valence-corrected chi connectivity index (χ3v) is 3.96. The van der Waals surface area contributed by atoms with Gasteiger partial charge in [-0.2, -0.15) is 0 Å². The van der Waals surface area contributed by atoms with Gasteiger partial charge in [-0.25, -0.2) is 0 Å². The van der Waals surface area contributed by atoms with Gasteiger partial charge in [-0.15, -0.1) is 0 Å². The van der Waals surface area contributed by atoms with Crippen LogP contribution >= 0.6 is 0 Å². The molecule has 0 aliphatic rings. The molecule has 0 saturated heterocycles. The summed E-state index contributed by atoms with van der Waals surface area (Å²) in [5.41, 5.74) is 1.09. The highest BCUT2D eigenvalue weighted by Gasteiger charge is 2.21. The van der Waals surface area contributed by atoms with E-state index in [2.05, 4.69) is 0 Å². The lowest BCUT2D eigenvalue weighted by atomic mass is 10.0. The van der Waals surface area contributed by atoms with Gasteiger partial charge in [0.05, 0.1) is 7.11 Å². The first-order valence-electron chi connectivity index (χ1n) is 7.68. The van der Waals surface area contributed by atoms with Crippen molar-refractivity contribution in [1.29, 1.82) is 0 Å². The van der Waals surface area contributed by atoms with Crippen LogP contribution in [-0.4, -0.2) is 22.4 Å². The summed E-state index contributed by atoms with van der Waals surface area (Å²) >= 11 is 0. The van der Waals surface area contributed by atoms with Gasteiger partial charge in [-0.3, -0.25) is 4.79 Å². The van der Waals surface area contributed by atoms with Crippen LogP contribution < -0.4 is 10.2 Å². The number of fused-ring (bicyclic) bond motifs is 2. The Kier molecular flexibility index (Phi) is 4.04. The minimum absolute atomic E-state index is 0.0237. The lowest BCUT2D eigenvalue weighted by Gasteiger charge is -2.12. The lowest BCUT2D eigenvalue weighted by molar-refractivity contribution is 0.411. The van der Waals surface area contributed by atoms with Crippen molar-refractivity contribution in [1.82, 2.24) is 0 Å². The van der Waals surface area contributed by atoms with Crippen molar-refractivity contribution in [2.75, 3.05) is 7.11 Å². The van der Waals surface area contributed by atoms with E-state index < -0.39 is 11.2 Å². The van der Waals surface area contributed by atoms with Crippen LogP contribution in [0.2, 0.25) is 0 Å². The van der Waals surface area contributed by atoms with E-state index in [-0.39, 0.29) is 39.2 Å². The van der Waals surface area contributed by atoms with Crippen molar-refractivity contribution < 1.29 is 24.5 Å². The summed E-state index contributed by atoms with van der Waals surface area (Å²) in [5, 5.41) is 29.9. The zero-order chi connectivity index (χ0) is 18.3. The zero-order valence-corrected chi connectivity index (χ0v) is 14.1. The molecule has 3 rings (SSSR count). The van der Waals surface area contributed by atoms with Gasteiger partial charge in [0.25, 0.3) is 0 Å². The summed E-state index contributed by atoms with van der Waals surface area (Å²) in [6.07, 6.45) is 2.41. The highest BCUT2D eigenvalue weighted by molar-refractivity contribution is 5.99. The van der Waals surface area contributed by atoms with Gasteiger partial charge < -0.3 is 24.5 Å². The average Bonchev–Trinajstić information content (AvgIpc) is 2.53. The van der Waals surface area contributed by atoms with Crippen molar-refractivity contribution in [3.05, 3.63) is 45.6 Å². The van der Waals surface area contributed by atoms with Crippen LogP contribution in [0.3, 0.4) is 0 Å². The first-order chi connectivity index (χ1) is 11.8. The Hall–Kier alpha value is -3.15. The standard InChI is InChI=1S/C19H18O6/c1-9(2)4-5-10-6-13(22)19-16(18(10)24-3)17(23)15-12(21)7-11(20)8-14(15)25-19/h4,6-8,20-22H,5H2,1-3H3. The van der Waals surface area contributed by atoms with Crippen molar-refractivity contribution in [2.45, 2.75) is 20.3 Å². The minimum atomic E-state index is -0.542. The quantitative estimate of drug-likeness (QED) is 0.497. The van der Waals surface area contributed by atoms with Crippen LogP contribution in [-0.2, 0) is 6.42 Å². The zero-order valence-electron chi connectivity index (χ0n) is 14.1. The van der Waals surface area contributed by atoms with Gasteiger partial charge in [0.1, 0.15) is 33.6 Å². The van der Waals surface area contributed by atoms with Crippen LogP contribution in [0.4, 0.5) is 0 Å². The van der Waals surface area contributed by atoms with E-state index in [1.165, 1.54) is 19.2 Å². The smallest absolute Gasteiger partial charge is 0.208 e. The van der Waals surface area contributed by atoms with Gasteiger partial charge >= 0.3 is 0 Å². The minimum Gasteiger partial charge on any atom is -0.508 e. The van der Waals surface area contributed by atoms with E-state index in [0.717, 1.165) is 11.6 Å². The predicted octanol–water partition coefficient (Wildman–Crippen LogP) is 3.58. The molecule has 0 fully saturated rings. The number of benzene rings is 2. The molecule has 0 unspecified atom stereocenters. The van der Waals surface area contributed by atoms with Crippen LogP contribution in [0.15, 0.2) is 39.1 Å². The maximum Gasteiger partial charge on any atom is 0.208 e.